The highest BCUT2D eigenvalue weighted by atomic mass is 16.5. The number of hydrogen-bond donors (Lipinski definition) is 2. The summed E-state index contributed by atoms with van der Waals surface area (Å²) in [5.41, 5.74) is 6.76. The molecule has 1 unspecified atom stereocenters. The van der Waals surface area contributed by atoms with Gasteiger partial charge in [-0.1, -0.05) is 30.3 Å². The first kappa shape index (κ1) is 11.2. The molecule has 3 heteroatoms. The van der Waals surface area contributed by atoms with Crippen LogP contribution in [0.5, 0.6) is 0 Å². The third-order valence-electron chi connectivity index (χ3n) is 2.01. The maximum Gasteiger partial charge on any atom is 0.0738 e. The van der Waals surface area contributed by atoms with Crippen molar-refractivity contribution in [3.8, 4) is 0 Å². The van der Waals surface area contributed by atoms with Crippen LogP contribution in [0.3, 0.4) is 0 Å². The molecule has 1 atom stereocenters. The number of rotatable bonds is 6. The van der Waals surface area contributed by atoms with Crippen molar-refractivity contribution < 1.29 is 9.84 Å². The Kier molecular flexibility index (Phi) is 5.22. The van der Waals surface area contributed by atoms with E-state index >= 15 is 0 Å². The van der Waals surface area contributed by atoms with Crippen molar-refractivity contribution in [3.05, 3.63) is 35.9 Å². The Hall–Kier alpha value is -0.900. The summed E-state index contributed by atoms with van der Waals surface area (Å²) in [5, 5.41) is 8.61. The first-order valence-electron chi connectivity index (χ1n) is 4.83. The fourth-order valence-corrected chi connectivity index (χ4v) is 1.31. The minimum Gasteiger partial charge on any atom is -0.394 e. The van der Waals surface area contributed by atoms with Crippen LogP contribution in [-0.2, 0) is 11.2 Å². The molecule has 14 heavy (non-hydrogen) atoms. The van der Waals surface area contributed by atoms with E-state index in [1.54, 1.807) is 0 Å². The standard InChI is InChI=1S/C11H17NO2/c12-9-11(14-7-6-13)8-10-4-2-1-3-5-10/h1-5,11,13H,6-9,12H2. The van der Waals surface area contributed by atoms with Crippen LogP contribution in [0.1, 0.15) is 5.56 Å². The molecule has 3 N–H and O–H groups in total. The van der Waals surface area contributed by atoms with E-state index in [0.717, 1.165) is 6.42 Å². The van der Waals surface area contributed by atoms with Gasteiger partial charge in [0.2, 0.25) is 0 Å². The molecule has 1 aromatic carbocycles. The first-order chi connectivity index (χ1) is 6.86. The molecule has 0 aliphatic carbocycles. The van der Waals surface area contributed by atoms with Crippen LogP contribution < -0.4 is 5.73 Å². The Morgan fingerprint density at radius 3 is 2.57 bits per heavy atom. The highest BCUT2D eigenvalue weighted by molar-refractivity contribution is 5.15. The van der Waals surface area contributed by atoms with E-state index in [2.05, 4.69) is 0 Å². The normalized spacial score (nSPS) is 12.7. The van der Waals surface area contributed by atoms with Crippen molar-refractivity contribution in [3.63, 3.8) is 0 Å². The van der Waals surface area contributed by atoms with Gasteiger partial charge in [-0.15, -0.1) is 0 Å². The lowest BCUT2D eigenvalue weighted by Crippen LogP contribution is -2.27. The molecule has 0 aliphatic rings. The van der Waals surface area contributed by atoms with E-state index in [1.165, 1.54) is 5.56 Å². The molecule has 0 saturated carbocycles. The second-order valence-corrected chi connectivity index (χ2v) is 3.14. The van der Waals surface area contributed by atoms with E-state index in [4.69, 9.17) is 15.6 Å². The van der Waals surface area contributed by atoms with Gasteiger partial charge in [0, 0.05) is 6.54 Å². The molecule has 0 aromatic heterocycles. The topological polar surface area (TPSA) is 55.5 Å². The quantitative estimate of drug-likeness (QED) is 0.697. The molecule has 3 nitrogen and oxygen atoms in total. The zero-order chi connectivity index (χ0) is 10.2. The summed E-state index contributed by atoms with van der Waals surface area (Å²) >= 11 is 0. The van der Waals surface area contributed by atoms with E-state index in [0.29, 0.717) is 13.2 Å². The Balaban J connectivity index is 2.40. The van der Waals surface area contributed by atoms with E-state index < -0.39 is 0 Å². The molecule has 78 valence electrons. The molecule has 0 aliphatic heterocycles. The smallest absolute Gasteiger partial charge is 0.0738 e. The van der Waals surface area contributed by atoms with Crippen LogP contribution in [0.4, 0.5) is 0 Å². The fourth-order valence-electron chi connectivity index (χ4n) is 1.31. The summed E-state index contributed by atoms with van der Waals surface area (Å²) in [4.78, 5) is 0. The van der Waals surface area contributed by atoms with Crippen molar-refractivity contribution in [1.82, 2.24) is 0 Å². The Morgan fingerprint density at radius 1 is 1.29 bits per heavy atom. The third-order valence-corrected chi connectivity index (χ3v) is 2.01. The van der Waals surface area contributed by atoms with E-state index in [9.17, 15) is 0 Å². The fraction of sp³-hybridized carbons (Fsp3) is 0.455. The predicted molar refractivity (Wildman–Crippen MR) is 56.0 cm³/mol. The van der Waals surface area contributed by atoms with Gasteiger partial charge in [0.25, 0.3) is 0 Å². The van der Waals surface area contributed by atoms with Gasteiger partial charge in [-0.3, -0.25) is 0 Å². The van der Waals surface area contributed by atoms with Crippen molar-refractivity contribution in [2.45, 2.75) is 12.5 Å². The minimum absolute atomic E-state index is 0.00421. The molecule has 0 bridgehead atoms. The second kappa shape index (κ2) is 6.54. The number of ether oxygens (including phenoxy) is 1. The maximum absolute atomic E-state index is 8.61. The number of benzene rings is 1. The van der Waals surface area contributed by atoms with Gasteiger partial charge in [0.15, 0.2) is 0 Å². The van der Waals surface area contributed by atoms with Crippen molar-refractivity contribution in [2.75, 3.05) is 19.8 Å². The first-order valence-corrected chi connectivity index (χ1v) is 4.83. The van der Waals surface area contributed by atoms with Crippen LogP contribution in [0.25, 0.3) is 0 Å². The summed E-state index contributed by atoms with van der Waals surface area (Å²) in [6, 6.07) is 10.1. The lowest BCUT2D eigenvalue weighted by atomic mass is 10.1. The van der Waals surface area contributed by atoms with Crippen LogP contribution >= 0.6 is 0 Å². The Labute approximate surface area is 84.5 Å². The largest absolute Gasteiger partial charge is 0.394 e. The molecule has 1 aromatic rings. The zero-order valence-electron chi connectivity index (χ0n) is 8.23. The number of aliphatic hydroxyl groups is 1. The molecular weight excluding hydrogens is 178 g/mol. The molecular formula is C11H17NO2. The van der Waals surface area contributed by atoms with Gasteiger partial charge in [0.1, 0.15) is 0 Å². The summed E-state index contributed by atoms with van der Waals surface area (Å²) in [6.07, 6.45) is 0.807. The highest BCUT2D eigenvalue weighted by Crippen LogP contribution is 2.04. The zero-order valence-corrected chi connectivity index (χ0v) is 8.23. The number of nitrogens with two attached hydrogens (primary N) is 1. The Bertz CT molecular complexity index is 238. The molecule has 0 saturated heterocycles. The SMILES string of the molecule is NCC(Cc1ccccc1)OCCO. The average molecular weight is 195 g/mol. The van der Waals surface area contributed by atoms with Gasteiger partial charge in [0.05, 0.1) is 19.3 Å². The van der Waals surface area contributed by atoms with Gasteiger partial charge in [-0.05, 0) is 12.0 Å². The summed E-state index contributed by atoms with van der Waals surface area (Å²) in [7, 11) is 0. The number of hydrogen-bond acceptors (Lipinski definition) is 3. The van der Waals surface area contributed by atoms with Crippen molar-refractivity contribution in [1.29, 1.82) is 0 Å². The third kappa shape index (κ3) is 3.87. The van der Waals surface area contributed by atoms with E-state index in [-0.39, 0.29) is 12.7 Å². The van der Waals surface area contributed by atoms with E-state index in [1.807, 2.05) is 30.3 Å². The number of aliphatic hydroxyl groups excluding tert-OH is 1. The minimum atomic E-state index is 0.00421. The molecule has 1 rings (SSSR count). The lowest BCUT2D eigenvalue weighted by Gasteiger charge is -2.15. The van der Waals surface area contributed by atoms with Gasteiger partial charge in [-0.25, -0.2) is 0 Å². The van der Waals surface area contributed by atoms with Crippen LogP contribution in [0.15, 0.2) is 30.3 Å². The van der Waals surface area contributed by atoms with Gasteiger partial charge in [-0.2, -0.15) is 0 Å². The van der Waals surface area contributed by atoms with Crippen LogP contribution in [-0.4, -0.2) is 31.0 Å². The summed E-state index contributed by atoms with van der Waals surface area (Å²) < 4.78 is 5.37. The van der Waals surface area contributed by atoms with Gasteiger partial charge < -0.3 is 15.6 Å². The van der Waals surface area contributed by atoms with Crippen molar-refractivity contribution in [2.24, 2.45) is 5.73 Å². The summed E-state index contributed by atoms with van der Waals surface area (Å²) in [6.45, 7) is 0.884. The molecule has 0 heterocycles. The lowest BCUT2D eigenvalue weighted by molar-refractivity contribution is 0.0340. The molecule has 0 amide bonds. The Morgan fingerprint density at radius 2 is 2.00 bits per heavy atom. The summed E-state index contributed by atoms with van der Waals surface area (Å²) in [5.74, 6) is 0. The van der Waals surface area contributed by atoms with Crippen LogP contribution in [0, 0.1) is 0 Å². The monoisotopic (exact) mass is 195 g/mol. The van der Waals surface area contributed by atoms with Crippen LogP contribution in [0.2, 0.25) is 0 Å². The van der Waals surface area contributed by atoms with Gasteiger partial charge >= 0.3 is 0 Å². The molecule has 0 spiro atoms. The molecule has 0 radical (unpaired) electrons. The van der Waals surface area contributed by atoms with Crippen molar-refractivity contribution >= 4 is 0 Å². The highest BCUT2D eigenvalue weighted by Gasteiger charge is 2.06. The second-order valence-electron chi connectivity index (χ2n) is 3.14. The predicted octanol–water partition coefficient (Wildman–Crippen LogP) is 0.565. The average Bonchev–Trinajstić information content (AvgIpc) is 2.25. The molecule has 0 fully saturated rings. The maximum atomic E-state index is 8.61.